The Labute approximate surface area is 126 Å². The highest BCUT2D eigenvalue weighted by molar-refractivity contribution is 9.10. The van der Waals surface area contributed by atoms with Crippen molar-refractivity contribution < 1.29 is 0 Å². The van der Waals surface area contributed by atoms with Crippen LogP contribution in [0.25, 0.3) is 0 Å². The number of nitrogens with zero attached hydrogens (tertiary/aromatic N) is 1. The molecule has 108 valence electrons. The molecule has 0 saturated carbocycles. The average molecular weight is 327 g/mol. The lowest BCUT2D eigenvalue weighted by atomic mass is 10.1. The SMILES string of the molecule is CCCNCc1ccc(N(CCC)C(C)C)c(Br)c1. The summed E-state index contributed by atoms with van der Waals surface area (Å²) in [6, 6.07) is 7.24. The summed E-state index contributed by atoms with van der Waals surface area (Å²) >= 11 is 3.73. The van der Waals surface area contributed by atoms with Gasteiger partial charge in [-0.05, 0) is 66.9 Å². The van der Waals surface area contributed by atoms with E-state index in [-0.39, 0.29) is 0 Å². The summed E-state index contributed by atoms with van der Waals surface area (Å²) in [6.07, 6.45) is 2.35. The number of hydrogen-bond acceptors (Lipinski definition) is 2. The zero-order chi connectivity index (χ0) is 14.3. The first-order chi connectivity index (χ1) is 9.10. The van der Waals surface area contributed by atoms with Gasteiger partial charge in [0.15, 0.2) is 0 Å². The molecule has 0 bridgehead atoms. The van der Waals surface area contributed by atoms with E-state index in [4.69, 9.17) is 0 Å². The number of rotatable bonds is 8. The number of hydrogen-bond donors (Lipinski definition) is 1. The Hall–Kier alpha value is -0.540. The number of benzene rings is 1. The van der Waals surface area contributed by atoms with Crippen molar-refractivity contribution in [2.75, 3.05) is 18.0 Å². The molecule has 1 rings (SSSR count). The van der Waals surface area contributed by atoms with Crippen molar-refractivity contribution in [1.29, 1.82) is 0 Å². The van der Waals surface area contributed by atoms with Crippen LogP contribution in [0.2, 0.25) is 0 Å². The smallest absolute Gasteiger partial charge is 0.0513 e. The fourth-order valence-electron chi connectivity index (χ4n) is 2.20. The maximum absolute atomic E-state index is 3.73. The second-order valence-corrected chi connectivity index (χ2v) is 6.10. The summed E-state index contributed by atoms with van der Waals surface area (Å²) in [4.78, 5) is 2.45. The van der Waals surface area contributed by atoms with Crippen LogP contribution in [0, 0.1) is 0 Å². The summed E-state index contributed by atoms with van der Waals surface area (Å²) in [5, 5.41) is 3.44. The lowest BCUT2D eigenvalue weighted by Crippen LogP contribution is -2.31. The highest BCUT2D eigenvalue weighted by Crippen LogP contribution is 2.29. The second-order valence-electron chi connectivity index (χ2n) is 5.25. The van der Waals surface area contributed by atoms with Crippen molar-refractivity contribution in [2.45, 2.75) is 53.1 Å². The molecule has 0 aliphatic heterocycles. The van der Waals surface area contributed by atoms with E-state index < -0.39 is 0 Å². The summed E-state index contributed by atoms with van der Waals surface area (Å²) < 4.78 is 1.20. The van der Waals surface area contributed by atoms with Gasteiger partial charge in [-0.2, -0.15) is 0 Å². The summed E-state index contributed by atoms with van der Waals surface area (Å²) in [7, 11) is 0. The van der Waals surface area contributed by atoms with Gasteiger partial charge in [0.2, 0.25) is 0 Å². The Kier molecular flexibility index (Phi) is 7.47. The lowest BCUT2D eigenvalue weighted by molar-refractivity contribution is 0.666. The normalized spacial score (nSPS) is 11.1. The molecule has 0 unspecified atom stereocenters. The molecule has 0 heterocycles. The summed E-state index contributed by atoms with van der Waals surface area (Å²) in [5.41, 5.74) is 2.64. The van der Waals surface area contributed by atoms with E-state index in [9.17, 15) is 0 Å². The Balaban J connectivity index is 2.80. The van der Waals surface area contributed by atoms with Crippen LogP contribution in [0.4, 0.5) is 5.69 Å². The van der Waals surface area contributed by atoms with Gasteiger partial charge in [-0.15, -0.1) is 0 Å². The molecule has 1 aromatic carbocycles. The van der Waals surface area contributed by atoms with Crippen LogP contribution < -0.4 is 10.2 Å². The molecule has 0 atom stereocenters. The van der Waals surface area contributed by atoms with Crippen molar-refractivity contribution >= 4 is 21.6 Å². The number of anilines is 1. The molecular weight excluding hydrogens is 300 g/mol. The third-order valence-electron chi connectivity index (χ3n) is 3.17. The first-order valence-electron chi connectivity index (χ1n) is 7.35. The molecule has 0 amide bonds. The van der Waals surface area contributed by atoms with Gasteiger partial charge in [0.25, 0.3) is 0 Å². The van der Waals surface area contributed by atoms with E-state index in [0.717, 1.165) is 19.6 Å². The topological polar surface area (TPSA) is 15.3 Å². The molecule has 0 saturated heterocycles. The van der Waals surface area contributed by atoms with Crippen LogP contribution in [0.15, 0.2) is 22.7 Å². The van der Waals surface area contributed by atoms with E-state index in [0.29, 0.717) is 6.04 Å². The van der Waals surface area contributed by atoms with Crippen molar-refractivity contribution in [3.05, 3.63) is 28.2 Å². The maximum atomic E-state index is 3.73. The molecule has 1 N–H and O–H groups in total. The molecule has 0 spiro atoms. The summed E-state index contributed by atoms with van der Waals surface area (Å²) in [6.45, 7) is 12.0. The molecule has 0 fully saturated rings. The zero-order valence-electron chi connectivity index (χ0n) is 12.7. The molecule has 19 heavy (non-hydrogen) atoms. The van der Waals surface area contributed by atoms with E-state index >= 15 is 0 Å². The third-order valence-corrected chi connectivity index (χ3v) is 3.80. The van der Waals surface area contributed by atoms with Crippen molar-refractivity contribution in [1.82, 2.24) is 5.32 Å². The second kappa shape index (κ2) is 8.60. The van der Waals surface area contributed by atoms with Crippen molar-refractivity contribution in [3.63, 3.8) is 0 Å². The highest BCUT2D eigenvalue weighted by atomic mass is 79.9. The Morgan fingerprint density at radius 3 is 2.47 bits per heavy atom. The zero-order valence-corrected chi connectivity index (χ0v) is 14.3. The van der Waals surface area contributed by atoms with Gasteiger partial charge in [-0.1, -0.05) is 19.9 Å². The molecule has 0 aliphatic carbocycles. The van der Waals surface area contributed by atoms with E-state index in [2.05, 4.69) is 72.0 Å². The third kappa shape index (κ3) is 5.15. The van der Waals surface area contributed by atoms with Gasteiger partial charge in [0.1, 0.15) is 0 Å². The molecule has 3 heteroatoms. The number of nitrogens with one attached hydrogen (secondary N) is 1. The quantitative estimate of drug-likeness (QED) is 0.704. The minimum absolute atomic E-state index is 0.528. The van der Waals surface area contributed by atoms with E-state index in [1.807, 2.05) is 0 Å². The predicted molar refractivity (Wildman–Crippen MR) is 88.9 cm³/mol. The van der Waals surface area contributed by atoms with Crippen LogP contribution in [-0.2, 0) is 6.54 Å². The average Bonchev–Trinajstić information content (AvgIpc) is 2.37. The van der Waals surface area contributed by atoms with Gasteiger partial charge < -0.3 is 10.2 Å². The molecular formula is C16H27BrN2. The molecule has 2 nitrogen and oxygen atoms in total. The van der Waals surface area contributed by atoms with E-state index in [1.165, 1.54) is 28.6 Å². The molecule has 0 aliphatic rings. The van der Waals surface area contributed by atoms with Gasteiger partial charge in [-0.25, -0.2) is 0 Å². The van der Waals surface area contributed by atoms with Crippen LogP contribution in [0.5, 0.6) is 0 Å². The largest absolute Gasteiger partial charge is 0.368 e. The Morgan fingerprint density at radius 2 is 1.95 bits per heavy atom. The van der Waals surface area contributed by atoms with Crippen LogP contribution in [0.3, 0.4) is 0 Å². The standard InChI is InChI=1S/C16H27BrN2/c1-5-9-18-12-14-7-8-16(15(17)11-14)19(10-6-2)13(3)4/h7-8,11,13,18H,5-6,9-10,12H2,1-4H3. The fourth-order valence-corrected chi connectivity index (χ4v) is 2.85. The summed E-state index contributed by atoms with van der Waals surface area (Å²) in [5.74, 6) is 0. The van der Waals surface area contributed by atoms with Gasteiger partial charge in [-0.3, -0.25) is 0 Å². The first kappa shape index (κ1) is 16.5. The van der Waals surface area contributed by atoms with Crippen LogP contribution in [0.1, 0.15) is 46.1 Å². The van der Waals surface area contributed by atoms with Crippen molar-refractivity contribution in [2.24, 2.45) is 0 Å². The van der Waals surface area contributed by atoms with Gasteiger partial charge in [0.05, 0.1) is 5.69 Å². The fraction of sp³-hybridized carbons (Fsp3) is 0.625. The van der Waals surface area contributed by atoms with Crippen LogP contribution >= 0.6 is 15.9 Å². The van der Waals surface area contributed by atoms with Crippen LogP contribution in [-0.4, -0.2) is 19.1 Å². The Morgan fingerprint density at radius 1 is 1.21 bits per heavy atom. The molecule has 1 aromatic rings. The van der Waals surface area contributed by atoms with Gasteiger partial charge >= 0.3 is 0 Å². The van der Waals surface area contributed by atoms with Gasteiger partial charge in [0, 0.05) is 23.6 Å². The first-order valence-corrected chi connectivity index (χ1v) is 8.15. The predicted octanol–water partition coefficient (Wildman–Crippen LogP) is 4.57. The number of halogens is 1. The lowest BCUT2D eigenvalue weighted by Gasteiger charge is -2.30. The minimum atomic E-state index is 0.528. The maximum Gasteiger partial charge on any atom is 0.0513 e. The monoisotopic (exact) mass is 326 g/mol. The molecule has 0 radical (unpaired) electrons. The molecule has 0 aromatic heterocycles. The van der Waals surface area contributed by atoms with E-state index in [1.54, 1.807) is 0 Å². The van der Waals surface area contributed by atoms with Crippen molar-refractivity contribution in [3.8, 4) is 0 Å². The highest BCUT2D eigenvalue weighted by Gasteiger charge is 2.12. The minimum Gasteiger partial charge on any atom is -0.368 e. The Bertz CT molecular complexity index is 377.